The molecule has 1 fully saturated rings. The number of piperidine rings is 1. The van der Waals surface area contributed by atoms with Crippen molar-refractivity contribution in [1.82, 2.24) is 14.9 Å². The predicted octanol–water partition coefficient (Wildman–Crippen LogP) is 4.01. The lowest BCUT2D eigenvalue weighted by Crippen LogP contribution is -2.40. The van der Waals surface area contributed by atoms with Crippen molar-refractivity contribution < 1.29 is 23.4 Å². The zero-order valence-corrected chi connectivity index (χ0v) is 17.8. The molecule has 2 N–H and O–H groups in total. The van der Waals surface area contributed by atoms with Gasteiger partial charge in [-0.15, -0.1) is 0 Å². The van der Waals surface area contributed by atoms with Crippen molar-refractivity contribution in [3.05, 3.63) is 66.5 Å². The van der Waals surface area contributed by atoms with E-state index < -0.39 is 6.61 Å². The van der Waals surface area contributed by atoms with E-state index in [1.165, 1.54) is 12.1 Å². The van der Waals surface area contributed by atoms with E-state index in [9.17, 15) is 18.7 Å². The Morgan fingerprint density at radius 3 is 2.27 bits per heavy atom. The van der Waals surface area contributed by atoms with Crippen LogP contribution in [0.4, 0.5) is 20.4 Å². The quantitative estimate of drug-likeness (QED) is 0.561. The summed E-state index contributed by atoms with van der Waals surface area (Å²) >= 11 is 0. The lowest BCUT2D eigenvalue weighted by atomic mass is 10.1. The van der Waals surface area contributed by atoms with Crippen molar-refractivity contribution in [2.24, 2.45) is 0 Å². The molecule has 0 radical (unpaired) electrons. The van der Waals surface area contributed by atoms with Gasteiger partial charge in [0, 0.05) is 36.7 Å². The summed E-state index contributed by atoms with van der Waals surface area (Å²) in [5.41, 5.74) is 3.21. The van der Waals surface area contributed by atoms with Crippen LogP contribution < -0.4 is 10.1 Å². The number of rotatable bonds is 7. The second kappa shape index (κ2) is 10.4. The van der Waals surface area contributed by atoms with Gasteiger partial charge in [0.2, 0.25) is 11.9 Å². The van der Waals surface area contributed by atoms with E-state index in [2.05, 4.69) is 20.0 Å². The van der Waals surface area contributed by atoms with Crippen molar-refractivity contribution in [3.8, 4) is 16.9 Å². The number of anilines is 2. The number of aromatic nitrogens is 2. The van der Waals surface area contributed by atoms with Gasteiger partial charge in [0.05, 0.1) is 12.5 Å². The normalized spacial score (nSPS) is 14.4. The molecular formula is C24H24F2N4O3. The van der Waals surface area contributed by atoms with Crippen LogP contribution in [0.15, 0.2) is 60.9 Å². The van der Waals surface area contributed by atoms with Gasteiger partial charge in [0.25, 0.3) is 0 Å². The number of hydrogen-bond donors (Lipinski definition) is 2. The number of aliphatic hydroxyl groups excluding tert-OH is 1. The summed E-state index contributed by atoms with van der Waals surface area (Å²) in [5, 5.41) is 12.7. The standard InChI is InChI=1S/C24H24F2N4O3/c25-23(26)33-21-7-3-17(4-8-21)18-14-27-24(28-15-18)29-19-5-1-16(2-6-19)13-22(32)30-11-9-20(31)10-12-30/h1-8,14-15,20,23,31H,9-13H2,(H,27,28,29). The SMILES string of the molecule is O=C(Cc1ccc(Nc2ncc(-c3ccc(OC(F)F)cc3)cn2)cc1)N1CCC(O)CC1. The fourth-order valence-corrected chi connectivity index (χ4v) is 3.61. The van der Waals surface area contributed by atoms with Gasteiger partial charge in [-0.05, 0) is 48.2 Å². The molecule has 1 amide bonds. The van der Waals surface area contributed by atoms with E-state index in [4.69, 9.17) is 0 Å². The summed E-state index contributed by atoms with van der Waals surface area (Å²) in [7, 11) is 0. The number of hydrogen-bond acceptors (Lipinski definition) is 6. The maximum Gasteiger partial charge on any atom is 0.387 e. The van der Waals surface area contributed by atoms with Crippen LogP contribution in [0.25, 0.3) is 11.1 Å². The molecule has 2 aromatic carbocycles. The molecule has 1 aliphatic rings. The number of amides is 1. The number of alkyl halides is 2. The molecule has 0 unspecified atom stereocenters. The number of benzene rings is 2. The van der Waals surface area contributed by atoms with Gasteiger partial charge in [-0.25, -0.2) is 9.97 Å². The summed E-state index contributed by atoms with van der Waals surface area (Å²) in [6.07, 6.45) is 4.56. The Morgan fingerprint density at radius 2 is 1.67 bits per heavy atom. The molecule has 0 atom stereocenters. The van der Waals surface area contributed by atoms with Crippen LogP contribution in [0, 0.1) is 0 Å². The third-order valence-corrected chi connectivity index (χ3v) is 5.45. The number of nitrogens with zero attached hydrogens (tertiary/aromatic N) is 3. The molecule has 33 heavy (non-hydrogen) atoms. The third-order valence-electron chi connectivity index (χ3n) is 5.45. The van der Waals surface area contributed by atoms with Gasteiger partial charge in [0.15, 0.2) is 0 Å². The summed E-state index contributed by atoms with van der Waals surface area (Å²) < 4.78 is 28.9. The Balaban J connectivity index is 1.32. The minimum atomic E-state index is -2.86. The lowest BCUT2D eigenvalue weighted by Gasteiger charge is -2.29. The zero-order chi connectivity index (χ0) is 23.2. The summed E-state index contributed by atoms with van der Waals surface area (Å²) in [6, 6.07) is 13.8. The van der Waals surface area contributed by atoms with E-state index >= 15 is 0 Å². The third kappa shape index (κ3) is 6.23. The van der Waals surface area contributed by atoms with Gasteiger partial charge in [0.1, 0.15) is 5.75 Å². The van der Waals surface area contributed by atoms with Crippen LogP contribution in [-0.4, -0.2) is 51.7 Å². The van der Waals surface area contributed by atoms with Gasteiger partial charge in [-0.1, -0.05) is 24.3 Å². The highest BCUT2D eigenvalue weighted by Gasteiger charge is 2.21. The van der Waals surface area contributed by atoms with E-state index in [1.54, 1.807) is 29.4 Å². The first-order chi connectivity index (χ1) is 16.0. The van der Waals surface area contributed by atoms with Crippen LogP contribution in [0.1, 0.15) is 18.4 Å². The molecule has 0 saturated carbocycles. The maximum absolute atomic E-state index is 12.4. The van der Waals surface area contributed by atoms with Crippen LogP contribution in [0.5, 0.6) is 5.75 Å². The molecule has 0 aliphatic carbocycles. The van der Waals surface area contributed by atoms with E-state index in [1.807, 2.05) is 24.3 Å². The number of halogens is 2. The van der Waals surface area contributed by atoms with Crippen LogP contribution in [0.3, 0.4) is 0 Å². The first-order valence-electron chi connectivity index (χ1n) is 10.7. The Bertz CT molecular complexity index is 1050. The van der Waals surface area contributed by atoms with E-state index in [0.717, 1.165) is 22.4 Å². The van der Waals surface area contributed by atoms with E-state index in [0.29, 0.717) is 38.3 Å². The van der Waals surface area contributed by atoms with Gasteiger partial charge < -0.3 is 20.1 Å². The van der Waals surface area contributed by atoms with Crippen molar-refractivity contribution in [2.45, 2.75) is 32.0 Å². The lowest BCUT2D eigenvalue weighted by molar-refractivity contribution is -0.132. The Kier molecular flexibility index (Phi) is 7.09. The molecule has 4 rings (SSSR count). The Labute approximate surface area is 190 Å². The van der Waals surface area contributed by atoms with Crippen molar-refractivity contribution in [2.75, 3.05) is 18.4 Å². The van der Waals surface area contributed by atoms with Crippen molar-refractivity contribution in [3.63, 3.8) is 0 Å². The summed E-state index contributed by atoms with van der Waals surface area (Å²) in [4.78, 5) is 22.8. The number of nitrogens with one attached hydrogen (secondary N) is 1. The molecule has 0 spiro atoms. The second-order valence-corrected chi connectivity index (χ2v) is 7.81. The Morgan fingerprint density at radius 1 is 1.03 bits per heavy atom. The molecule has 2 heterocycles. The van der Waals surface area contributed by atoms with Gasteiger partial charge in [-0.2, -0.15) is 8.78 Å². The van der Waals surface area contributed by atoms with Crippen LogP contribution >= 0.6 is 0 Å². The molecule has 7 nitrogen and oxygen atoms in total. The highest BCUT2D eigenvalue weighted by atomic mass is 19.3. The molecule has 1 aliphatic heterocycles. The Hall–Kier alpha value is -3.59. The van der Waals surface area contributed by atoms with Gasteiger partial charge in [-0.3, -0.25) is 4.79 Å². The number of ether oxygens (including phenoxy) is 1. The molecule has 0 bridgehead atoms. The zero-order valence-electron chi connectivity index (χ0n) is 17.8. The highest BCUT2D eigenvalue weighted by Crippen LogP contribution is 2.23. The largest absolute Gasteiger partial charge is 0.435 e. The first-order valence-corrected chi connectivity index (χ1v) is 10.7. The first kappa shape index (κ1) is 22.6. The molecule has 1 aromatic heterocycles. The molecule has 1 saturated heterocycles. The molecule has 172 valence electrons. The minimum absolute atomic E-state index is 0.0651. The predicted molar refractivity (Wildman–Crippen MR) is 119 cm³/mol. The topological polar surface area (TPSA) is 87.6 Å². The minimum Gasteiger partial charge on any atom is -0.435 e. The number of carbonyl (C=O) groups is 1. The van der Waals surface area contributed by atoms with Crippen molar-refractivity contribution in [1.29, 1.82) is 0 Å². The number of likely N-dealkylation sites (tertiary alicyclic amines) is 1. The molecular weight excluding hydrogens is 430 g/mol. The summed E-state index contributed by atoms with van der Waals surface area (Å²) in [5.74, 6) is 0.565. The maximum atomic E-state index is 12.4. The average Bonchev–Trinajstić information content (AvgIpc) is 2.81. The van der Waals surface area contributed by atoms with Gasteiger partial charge >= 0.3 is 6.61 Å². The van der Waals surface area contributed by atoms with Crippen LogP contribution in [-0.2, 0) is 11.2 Å². The van der Waals surface area contributed by atoms with Crippen LogP contribution in [0.2, 0.25) is 0 Å². The van der Waals surface area contributed by atoms with Crippen molar-refractivity contribution >= 4 is 17.5 Å². The highest BCUT2D eigenvalue weighted by molar-refractivity contribution is 5.79. The molecule has 3 aromatic rings. The monoisotopic (exact) mass is 454 g/mol. The number of aliphatic hydroxyl groups is 1. The second-order valence-electron chi connectivity index (χ2n) is 7.81. The average molecular weight is 454 g/mol. The smallest absolute Gasteiger partial charge is 0.387 e. The fourth-order valence-electron chi connectivity index (χ4n) is 3.61. The number of carbonyl (C=O) groups excluding carboxylic acids is 1. The summed E-state index contributed by atoms with van der Waals surface area (Å²) in [6.45, 7) is -1.66. The van der Waals surface area contributed by atoms with E-state index in [-0.39, 0.29) is 17.8 Å². The molecule has 9 heteroatoms. The fraction of sp³-hybridized carbons (Fsp3) is 0.292.